The fraction of sp³-hybridized carbons (Fsp3) is 0.267. The molecule has 108 valence electrons. The van der Waals surface area contributed by atoms with Gasteiger partial charge >= 0.3 is 5.97 Å². The quantitative estimate of drug-likeness (QED) is 0.389. The third kappa shape index (κ3) is 3.94. The third-order valence-electron chi connectivity index (χ3n) is 2.64. The van der Waals surface area contributed by atoms with E-state index in [4.69, 9.17) is 9.84 Å². The zero-order valence-corrected chi connectivity index (χ0v) is 11.2. The van der Waals surface area contributed by atoms with E-state index in [0.717, 1.165) is 0 Å². The van der Waals surface area contributed by atoms with Crippen molar-refractivity contribution in [2.75, 3.05) is 6.61 Å². The predicted molar refractivity (Wildman–Crippen MR) is 74.6 cm³/mol. The van der Waals surface area contributed by atoms with Gasteiger partial charge in [0.2, 0.25) is 0 Å². The smallest absolute Gasteiger partial charge is 0.344 e. The van der Waals surface area contributed by atoms with Crippen LogP contribution in [-0.4, -0.2) is 34.0 Å². The van der Waals surface area contributed by atoms with Crippen molar-refractivity contribution in [3.05, 3.63) is 60.1 Å². The summed E-state index contributed by atoms with van der Waals surface area (Å²) in [4.78, 5) is 11.7. The Morgan fingerprint density at radius 1 is 1.30 bits per heavy atom. The van der Waals surface area contributed by atoms with Crippen molar-refractivity contribution < 1.29 is 24.9 Å². The highest BCUT2D eigenvalue weighted by Gasteiger charge is 2.32. The summed E-state index contributed by atoms with van der Waals surface area (Å²) < 4.78 is 4.75. The average molecular weight is 278 g/mol. The summed E-state index contributed by atoms with van der Waals surface area (Å²) in [5, 5.41) is 27.9. The standard InChI is InChI=1S/C15H18O5/c1-3-4-5-6-11(7-8-12(17)9-16)13-14(18)10(2)20-15(13)19/h3-8,11-12,16-18H,2,9H2,1H3. The maximum atomic E-state index is 11.7. The summed E-state index contributed by atoms with van der Waals surface area (Å²) in [5.41, 5.74) is 0.0529. The Morgan fingerprint density at radius 3 is 2.50 bits per heavy atom. The van der Waals surface area contributed by atoms with E-state index in [-0.39, 0.29) is 17.1 Å². The molecule has 0 saturated carbocycles. The first-order chi connectivity index (χ1) is 9.51. The normalized spacial score (nSPS) is 19.6. The van der Waals surface area contributed by atoms with Crippen LogP contribution < -0.4 is 0 Å². The molecule has 0 spiro atoms. The lowest BCUT2D eigenvalue weighted by atomic mass is 9.96. The van der Waals surface area contributed by atoms with Crippen LogP contribution in [-0.2, 0) is 9.53 Å². The summed E-state index contributed by atoms with van der Waals surface area (Å²) in [5.74, 6) is -1.65. The minimum absolute atomic E-state index is 0.0529. The molecule has 20 heavy (non-hydrogen) atoms. The van der Waals surface area contributed by atoms with Gasteiger partial charge in [0.05, 0.1) is 18.3 Å². The monoisotopic (exact) mass is 278 g/mol. The summed E-state index contributed by atoms with van der Waals surface area (Å²) in [6.45, 7) is 4.84. The number of carbonyl (C=O) groups is 1. The molecule has 0 bridgehead atoms. The molecule has 0 aromatic carbocycles. The topological polar surface area (TPSA) is 87.0 Å². The van der Waals surface area contributed by atoms with E-state index < -0.39 is 24.6 Å². The Morgan fingerprint density at radius 2 is 2.00 bits per heavy atom. The molecule has 5 heteroatoms. The molecule has 0 saturated heterocycles. The second-order valence-electron chi connectivity index (χ2n) is 4.15. The molecule has 0 aliphatic carbocycles. The number of cyclic esters (lactones) is 1. The van der Waals surface area contributed by atoms with E-state index in [1.54, 1.807) is 24.3 Å². The highest BCUT2D eigenvalue weighted by atomic mass is 16.6. The average Bonchev–Trinajstić information content (AvgIpc) is 2.67. The number of esters is 1. The first kappa shape index (κ1) is 15.9. The minimum Gasteiger partial charge on any atom is -0.504 e. The molecule has 0 aromatic heterocycles. The Labute approximate surface area is 117 Å². The van der Waals surface area contributed by atoms with E-state index in [0.29, 0.717) is 0 Å². The molecular formula is C15H18O5. The van der Waals surface area contributed by atoms with Crippen LogP contribution in [0.5, 0.6) is 0 Å². The second kappa shape index (κ2) is 7.47. The number of allylic oxidation sites excluding steroid dienone is 5. The van der Waals surface area contributed by atoms with Gasteiger partial charge in [0.15, 0.2) is 11.5 Å². The van der Waals surface area contributed by atoms with Crippen molar-refractivity contribution in [3.63, 3.8) is 0 Å². The molecule has 1 aliphatic rings. The number of ether oxygens (including phenoxy) is 1. The predicted octanol–water partition coefficient (Wildman–Crippen LogP) is 1.53. The maximum Gasteiger partial charge on any atom is 0.344 e. The molecular weight excluding hydrogens is 260 g/mol. The van der Waals surface area contributed by atoms with Crippen LogP contribution in [0.15, 0.2) is 60.1 Å². The van der Waals surface area contributed by atoms with Gasteiger partial charge in [0.25, 0.3) is 0 Å². The molecule has 1 heterocycles. The zero-order valence-electron chi connectivity index (χ0n) is 11.2. The van der Waals surface area contributed by atoms with Crippen LogP contribution >= 0.6 is 0 Å². The Bertz CT molecular complexity index is 496. The van der Waals surface area contributed by atoms with Gasteiger partial charge in [-0.1, -0.05) is 43.0 Å². The molecule has 5 nitrogen and oxygen atoms in total. The lowest BCUT2D eigenvalue weighted by molar-refractivity contribution is -0.133. The highest BCUT2D eigenvalue weighted by molar-refractivity contribution is 5.95. The lowest BCUT2D eigenvalue weighted by Gasteiger charge is -2.08. The molecule has 2 unspecified atom stereocenters. The number of aliphatic hydroxyl groups is 3. The third-order valence-corrected chi connectivity index (χ3v) is 2.64. The van der Waals surface area contributed by atoms with Crippen molar-refractivity contribution in [1.82, 2.24) is 0 Å². The van der Waals surface area contributed by atoms with E-state index in [2.05, 4.69) is 6.58 Å². The fourth-order valence-electron chi connectivity index (χ4n) is 1.62. The van der Waals surface area contributed by atoms with Gasteiger partial charge in [-0.2, -0.15) is 0 Å². The summed E-state index contributed by atoms with van der Waals surface area (Å²) in [7, 11) is 0. The van der Waals surface area contributed by atoms with E-state index in [1.165, 1.54) is 12.2 Å². The summed E-state index contributed by atoms with van der Waals surface area (Å²) >= 11 is 0. The van der Waals surface area contributed by atoms with Crippen molar-refractivity contribution in [1.29, 1.82) is 0 Å². The molecule has 2 atom stereocenters. The van der Waals surface area contributed by atoms with Gasteiger partial charge in [0.1, 0.15) is 0 Å². The van der Waals surface area contributed by atoms with E-state index >= 15 is 0 Å². The highest BCUT2D eigenvalue weighted by Crippen LogP contribution is 2.30. The molecule has 0 amide bonds. The van der Waals surface area contributed by atoms with Crippen LogP contribution in [0, 0.1) is 5.92 Å². The SMILES string of the molecule is C=C1OC(=O)C(C(C=CC=CC)C=CC(O)CO)=C1O. The van der Waals surface area contributed by atoms with Gasteiger partial charge in [0, 0.05) is 5.92 Å². The zero-order chi connectivity index (χ0) is 15.1. The van der Waals surface area contributed by atoms with Crippen molar-refractivity contribution in [3.8, 4) is 0 Å². The van der Waals surface area contributed by atoms with Crippen LogP contribution in [0.3, 0.4) is 0 Å². The van der Waals surface area contributed by atoms with Gasteiger partial charge in [-0.3, -0.25) is 0 Å². The molecule has 0 aromatic rings. The number of carbonyl (C=O) groups excluding carboxylic acids is 1. The largest absolute Gasteiger partial charge is 0.504 e. The summed E-state index contributed by atoms with van der Waals surface area (Å²) in [6, 6.07) is 0. The Kier molecular flexibility index (Phi) is 5.96. The van der Waals surface area contributed by atoms with Crippen molar-refractivity contribution in [2.45, 2.75) is 13.0 Å². The molecule has 0 fully saturated rings. The van der Waals surface area contributed by atoms with Crippen LogP contribution in [0.2, 0.25) is 0 Å². The fourth-order valence-corrected chi connectivity index (χ4v) is 1.62. The van der Waals surface area contributed by atoms with Gasteiger partial charge in [-0.25, -0.2) is 4.79 Å². The van der Waals surface area contributed by atoms with Crippen molar-refractivity contribution >= 4 is 5.97 Å². The molecule has 1 aliphatic heterocycles. The second-order valence-corrected chi connectivity index (χ2v) is 4.15. The molecule has 1 rings (SSSR count). The minimum atomic E-state index is -1.03. The summed E-state index contributed by atoms with van der Waals surface area (Å²) in [6.07, 6.45) is 8.75. The van der Waals surface area contributed by atoms with Crippen LogP contribution in [0.25, 0.3) is 0 Å². The van der Waals surface area contributed by atoms with Crippen LogP contribution in [0.4, 0.5) is 0 Å². The van der Waals surface area contributed by atoms with E-state index in [1.807, 2.05) is 6.92 Å². The van der Waals surface area contributed by atoms with Crippen LogP contribution in [0.1, 0.15) is 6.92 Å². The number of hydrogen-bond acceptors (Lipinski definition) is 5. The molecule has 0 radical (unpaired) electrons. The Balaban J connectivity index is 3.07. The van der Waals surface area contributed by atoms with Gasteiger partial charge in [-0.15, -0.1) is 0 Å². The Hall–Kier alpha value is -2.11. The van der Waals surface area contributed by atoms with Gasteiger partial charge < -0.3 is 20.1 Å². The number of hydrogen-bond donors (Lipinski definition) is 3. The first-order valence-corrected chi connectivity index (χ1v) is 6.12. The number of aliphatic hydroxyl groups excluding tert-OH is 3. The number of rotatable bonds is 6. The lowest BCUT2D eigenvalue weighted by Crippen LogP contribution is -2.11. The maximum absolute atomic E-state index is 11.7. The molecule has 3 N–H and O–H groups in total. The first-order valence-electron chi connectivity index (χ1n) is 6.12. The van der Waals surface area contributed by atoms with E-state index in [9.17, 15) is 15.0 Å². The van der Waals surface area contributed by atoms with Gasteiger partial charge in [-0.05, 0) is 6.92 Å². The van der Waals surface area contributed by atoms with Crippen molar-refractivity contribution in [2.24, 2.45) is 5.92 Å².